The lowest BCUT2D eigenvalue weighted by Gasteiger charge is -2.21. The molecule has 6 heteroatoms. The van der Waals surface area contributed by atoms with Crippen molar-refractivity contribution in [2.75, 3.05) is 20.3 Å². The molecule has 0 aromatic heterocycles. The average Bonchev–Trinajstić information content (AvgIpc) is 2.35. The topological polar surface area (TPSA) is 78.8 Å². The van der Waals surface area contributed by atoms with Crippen LogP contribution in [0.1, 0.15) is 17.3 Å². The van der Waals surface area contributed by atoms with Gasteiger partial charge in [-0.1, -0.05) is 6.07 Å². The highest BCUT2D eigenvalue weighted by molar-refractivity contribution is 5.97. The Labute approximate surface area is 104 Å². The number of ether oxygens (including phenoxy) is 1. The summed E-state index contributed by atoms with van der Waals surface area (Å²) < 4.78 is 18.4. The first kappa shape index (κ1) is 14.4. The van der Waals surface area contributed by atoms with E-state index in [2.05, 4.69) is 5.32 Å². The molecule has 0 aliphatic rings. The van der Waals surface area contributed by atoms with Gasteiger partial charge in [-0.3, -0.25) is 4.79 Å². The van der Waals surface area contributed by atoms with Crippen LogP contribution in [0.15, 0.2) is 18.2 Å². The van der Waals surface area contributed by atoms with E-state index in [0.29, 0.717) is 0 Å². The maximum Gasteiger partial charge on any atom is 0.258 e. The van der Waals surface area contributed by atoms with Gasteiger partial charge in [-0.15, -0.1) is 0 Å². The zero-order chi connectivity index (χ0) is 13.8. The summed E-state index contributed by atoms with van der Waals surface area (Å²) in [6.07, 6.45) is 0. The Morgan fingerprint density at radius 2 is 2.22 bits per heavy atom. The predicted octanol–water partition coefficient (Wildman–Crippen LogP) is 0.307. The van der Waals surface area contributed by atoms with Crippen molar-refractivity contribution >= 4 is 5.91 Å². The van der Waals surface area contributed by atoms with E-state index in [0.717, 1.165) is 6.07 Å². The fourth-order valence-corrected chi connectivity index (χ4v) is 1.31. The maximum absolute atomic E-state index is 13.5. The Morgan fingerprint density at radius 1 is 1.56 bits per heavy atom. The minimum Gasteiger partial charge on any atom is -0.496 e. The molecule has 1 atom stereocenters. The third kappa shape index (κ3) is 3.41. The second-order valence-corrected chi connectivity index (χ2v) is 4.15. The highest BCUT2D eigenvalue weighted by Gasteiger charge is 2.23. The first-order valence-electron chi connectivity index (χ1n) is 5.35. The zero-order valence-electron chi connectivity index (χ0n) is 10.2. The highest BCUT2D eigenvalue weighted by atomic mass is 19.1. The van der Waals surface area contributed by atoms with E-state index in [-0.39, 0.29) is 17.9 Å². The van der Waals surface area contributed by atoms with Crippen LogP contribution in [0.25, 0.3) is 0 Å². The van der Waals surface area contributed by atoms with Gasteiger partial charge in [0, 0.05) is 6.54 Å². The smallest absolute Gasteiger partial charge is 0.258 e. The van der Waals surface area contributed by atoms with Crippen molar-refractivity contribution in [1.29, 1.82) is 0 Å². The number of hydrogen-bond acceptors (Lipinski definition) is 4. The summed E-state index contributed by atoms with van der Waals surface area (Å²) in [7, 11) is 1.33. The summed E-state index contributed by atoms with van der Waals surface area (Å²) in [5, 5.41) is 20.7. The van der Waals surface area contributed by atoms with Gasteiger partial charge >= 0.3 is 0 Å². The van der Waals surface area contributed by atoms with Crippen LogP contribution in [0.4, 0.5) is 4.39 Å². The second-order valence-electron chi connectivity index (χ2n) is 4.15. The number of aliphatic hydroxyl groups excluding tert-OH is 1. The molecule has 0 heterocycles. The average molecular weight is 257 g/mol. The Bertz CT molecular complexity index is 434. The van der Waals surface area contributed by atoms with Crippen LogP contribution < -0.4 is 10.1 Å². The second kappa shape index (κ2) is 5.79. The van der Waals surface area contributed by atoms with Crippen LogP contribution in [0.2, 0.25) is 0 Å². The van der Waals surface area contributed by atoms with E-state index in [1.807, 2.05) is 0 Å². The van der Waals surface area contributed by atoms with Crippen molar-refractivity contribution in [3.8, 4) is 5.75 Å². The molecule has 0 radical (unpaired) electrons. The normalized spacial score (nSPS) is 13.8. The van der Waals surface area contributed by atoms with Crippen LogP contribution >= 0.6 is 0 Å². The molecule has 1 aromatic rings. The lowest BCUT2D eigenvalue weighted by Crippen LogP contribution is -2.43. The molecule has 3 N–H and O–H groups in total. The number of amides is 1. The number of aliphatic hydroxyl groups is 2. The molecule has 0 spiro atoms. The quantitative estimate of drug-likeness (QED) is 0.709. The Morgan fingerprint density at radius 3 is 2.78 bits per heavy atom. The van der Waals surface area contributed by atoms with E-state index in [4.69, 9.17) is 9.84 Å². The number of benzene rings is 1. The van der Waals surface area contributed by atoms with Crippen molar-refractivity contribution in [2.24, 2.45) is 0 Å². The van der Waals surface area contributed by atoms with Gasteiger partial charge in [0.15, 0.2) is 0 Å². The molecular weight excluding hydrogens is 241 g/mol. The molecule has 1 rings (SSSR count). The minimum atomic E-state index is -1.45. The summed E-state index contributed by atoms with van der Waals surface area (Å²) in [5.41, 5.74) is -1.68. The van der Waals surface area contributed by atoms with Gasteiger partial charge in [0.1, 0.15) is 22.7 Å². The third-order valence-corrected chi connectivity index (χ3v) is 2.39. The first-order valence-corrected chi connectivity index (χ1v) is 5.35. The maximum atomic E-state index is 13.5. The van der Waals surface area contributed by atoms with Gasteiger partial charge in [-0.25, -0.2) is 4.39 Å². The molecule has 0 aliphatic carbocycles. The van der Waals surface area contributed by atoms with Crippen LogP contribution in [0.5, 0.6) is 5.75 Å². The molecule has 100 valence electrons. The molecule has 0 saturated carbocycles. The van der Waals surface area contributed by atoms with Gasteiger partial charge < -0.3 is 20.3 Å². The SMILES string of the molecule is COc1cccc(F)c1C(=O)NCC(C)(O)CO. The lowest BCUT2D eigenvalue weighted by molar-refractivity contribution is 0.00314. The predicted molar refractivity (Wildman–Crippen MR) is 63.0 cm³/mol. The van der Waals surface area contributed by atoms with E-state index < -0.39 is 23.9 Å². The number of hydrogen-bond donors (Lipinski definition) is 3. The molecule has 0 aliphatic heterocycles. The fourth-order valence-electron chi connectivity index (χ4n) is 1.31. The number of carbonyl (C=O) groups excluding carboxylic acids is 1. The number of halogens is 1. The van der Waals surface area contributed by atoms with Crippen LogP contribution in [0.3, 0.4) is 0 Å². The Kier molecular flexibility index (Phi) is 4.63. The number of carbonyl (C=O) groups is 1. The summed E-state index contributed by atoms with van der Waals surface area (Å²) >= 11 is 0. The molecule has 1 unspecified atom stereocenters. The summed E-state index contributed by atoms with van der Waals surface area (Å²) in [6.45, 7) is 0.646. The molecular formula is C12H16FNO4. The third-order valence-electron chi connectivity index (χ3n) is 2.39. The standard InChI is InChI=1S/C12H16FNO4/c1-12(17,7-15)6-14-11(16)10-8(13)4-3-5-9(10)18-2/h3-5,15,17H,6-7H2,1-2H3,(H,14,16). The van der Waals surface area contributed by atoms with Crippen molar-refractivity contribution in [3.63, 3.8) is 0 Å². The van der Waals surface area contributed by atoms with Crippen LogP contribution in [-0.2, 0) is 0 Å². The summed E-state index contributed by atoms with van der Waals surface area (Å²) in [4.78, 5) is 11.8. The molecule has 1 aromatic carbocycles. The number of rotatable bonds is 5. The van der Waals surface area contributed by atoms with Gasteiger partial charge in [0.25, 0.3) is 5.91 Å². The summed E-state index contributed by atoms with van der Waals surface area (Å²) in [6, 6.07) is 4.03. The van der Waals surface area contributed by atoms with E-state index in [9.17, 15) is 14.3 Å². The largest absolute Gasteiger partial charge is 0.496 e. The Hall–Kier alpha value is -1.66. The van der Waals surface area contributed by atoms with E-state index in [1.54, 1.807) is 0 Å². The molecule has 0 fully saturated rings. The van der Waals surface area contributed by atoms with Crippen molar-refractivity contribution < 1.29 is 24.1 Å². The van der Waals surface area contributed by atoms with Gasteiger partial charge in [0.2, 0.25) is 0 Å². The fraction of sp³-hybridized carbons (Fsp3) is 0.417. The molecule has 0 saturated heterocycles. The van der Waals surface area contributed by atoms with E-state index >= 15 is 0 Å². The molecule has 18 heavy (non-hydrogen) atoms. The van der Waals surface area contributed by atoms with Crippen molar-refractivity contribution in [2.45, 2.75) is 12.5 Å². The molecule has 1 amide bonds. The lowest BCUT2D eigenvalue weighted by atomic mass is 10.1. The molecule has 5 nitrogen and oxygen atoms in total. The van der Waals surface area contributed by atoms with Crippen molar-refractivity contribution in [3.05, 3.63) is 29.6 Å². The minimum absolute atomic E-state index is 0.108. The Balaban J connectivity index is 2.85. The van der Waals surface area contributed by atoms with Crippen LogP contribution in [0, 0.1) is 5.82 Å². The summed E-state index contributed by atoms with van der Waals surface area (Å²) in [5.74, 6) is -1.31. The van der Waals surface area contributed by atoms with E-state index in [1.165, 1.54) is 26.2 Å². The highest BCUT2D eigenvalue weighted by Crippen LogP contribution is 2.20. The van der Waals surface area contributed by atoms with Gasteiger partial charge in [-0.05, 0) is 19.1 Å². The first-order chi connectivity index (χ1) is 8.41. The molecule has 0 bridgehead atoms. The number of nitrogens with one attached hydrogen (secondary N) is 1. The van der Waals surface area contributed by atoms with Crippen molar-refractivity contribution in [1.82, 2.24) is 5.32 Å². The van der Waals surface area contributed by atoms with Gasteiger partial charge in [0.05, 0.1) is 13.7 Å². The monoisotopic (exact) mass is 257 g/mol. The zero-order valence-corrected chi connectivity index (χ0v) is 10.2. The van der Waals surface area contributed by atoms with Gasteiger partial charge in [-0.2, -0.15) is 0 Å². The number of methoxy groups -OCH3 is 1. The van der Waals surface area contributed by atoms with Crippen LogP contribution in [-0.4, -0.2) is 42.0 Å².